The number of hydrogen-bond donors (Lipinski definition) is 5. The van der Waals surface area contributed by atoms with Gasteiger partial charge in [0.1, 0.15) is 18.3 Å². The Labute approximate surface area is 109 Å². The predicted octanol–water partition coefficient (Wildman–Crippen LogP) is -1.35. The lowest BCUT2D eigenvalue weighted by Gasteiger charge is -2.16. The normalized spacial score (nSPS) is 14.5. The molecule has 1 aromatic rings. The number of hydrogen-bond acceptors (Lipinski definition) is 6. The summed E-state index contributed by atoms with van der Waals surface area (Å²) < 4.78 is 0. The molecular formula is C12H16O7. The minimum atomic E-state index is -1.64. The molecule has 7 nitrogen and oxygen atoms in total. The summed E-state index contributed by atoms with van der Waals surface area (Å²) in [4.78, 5) is 20.0. The highest BCUT2D eigenvalue weighted by Crippen LogP contribution is 1.96. The van der Waals surface area contributed by atoms with Crippen LogP contribution in [-0.2, 0) is 4.79 Å². The van der Waals surface area contributed by atoms with Crippen LogP contribution in [0.25, 0.3) is 0 Å². The van der Waals surface area contributed by atoms with Gasteiger partial charge >= 0.3 is 5.97 Å². The molecule has 1 rings (SSSR count). The van der Waals surface area contributed by atoms with E-state index in [1.54, 1.807) is 30.3 Å². The maximum Gasteiger partial charge on any atom is 0.335 e. The molecule has 0 aliphatic rings. The first-order valence-electron chi connectivity index (χ1n) is 5.32. The van der Waals surface area contributed by atoms with Crippen molar-refractivity contribution < 1.29 is 35.1 Å². The van der Waals surface area contributed by atoms with Crippen LogP contribution in [-0.4, -0.2) is 62.7 Å². The van der Waals surface area contributed by atoms with Crippen molar-refractivity contribution in [2.75, 3.05) is 6.61 Å². The lowest BCUT2D eigenvalue weighted by Crippen LogP contribution is -2.40. The van der Waals surface area contributed by atoms with Crippen molar-refractivity contribution >= 4 is 12.3 Å². The van der Waals surface area contributed by atoms with E-state index in [-0.39, 0.29) is 6.29 Å². The summed E-state index contributed by atoms with van der Waals surface area (Å²) in [6, 6.07) is 8.30. The van der Waals surface area contributed by atoms with E-state index in [2.05, 4.69) is 0 Å². The number of aromatic carboxylic acids is 1. The highest BCUT2D eigenvalue weighted by atomic mass is 16.4. The molecule has 7 heteroatoms. The number of benzene rings is 1. The Morgan fingerprint density at radius 3 is 2.00 bits per heavy atom. The Morgan fingerprint density at radius 2 is 1.68 bits per heavy atom. The molecule has 0 saturated carbocycles. The van der Waals surface area contributed by atoms with Crippen molar-refractivity contribution in [3.8, 4) is 0 Å². The Kier molecular flexibility index (Phi) is 8.30. The average Bonchev–Trinajstić information content (AvgIpc) is 2.46. The van der Waals surface area contributed by atoms with Crippen LogP contribution in [0.4, 0.5) is 0 Å². The number of carboxylic acids is 1. The van der Waals surface area contributed by atoms with Crippen LogP contribution in [0.2, 0.25) is 0 Å². The van der Waals surface area contributed by atoms with Gasteiger partial charge in [0, 0.05) is 0 Å². The lowest BCUT2D eigenvalue weighted by molar-refractivity contribution is -0.127. The SMILES string of the molecule is O=C(O)c1ccccc1.O=C[C@H](O)[C@@H](O)[C@H](O)CO. The quantitative estimate of drug-likeness (QED) is 0.418. The number of rotatable bonds is 5. The predicted molar refractivity (Wildman–Crippen MR) is 64.6 cm³/mol. The number of aliphatic hydroxyl groups is 4. The molecule has 19 heavy (non-hydrogen) atoms. The first-order chi connectivity index (χ1) is 8.93. The molecule has 0 heterocycles. The zero-order chi connectivity index (χ0) is 14.8. The largest absolute Gasteiger partial charge is 0.478 e. The van der Waals surface area contributed by atoms with Gasteiger partial charge < -0.3 is 30.3 Å². The molecule has 3 atom stereocenters. The van der Waals surface area contributed by atoms with Gasteiger partial charge in [-0.3, -0.25) is 0 Å². The van der Waals surface area contributed by atoms with Crippen molar-refractivity contribution in [3.05, 3.63) is 35.9 Å². The number of carbonyl (C=O) groups excluding carboxylic acids is 1. The second-order valence-electron chi connectivity index (χ2n) is 3.54. The molecule has 0 amide bonds. The fraction of sp³-hybridized carbons (Fsp3) is 0.333. The molecule has 0 aliphatic carbocycles. The summed E-state index contributed by atoms with van der Waals surface area (Å²) in [5, 5.41) is 42.4. The summed E-state index contributed by atoms with van der Waals surface area (Å²) in [6.45, 7) is -0.688. The molecule has 0 aliphatic heterocycles. The van der Waals surface area contributed by atoms with Gasteiger partial charge in [0.15, 0.2) is 6.29 Å². The van der Waals surface area contributed by atoms with E-state index in [9.17, 15) is 9.59 Å². The first kappa shape index (κ1) is 17.2. The molecule has 1 aromatic carbocycles. The Morgan fingerprint density at radius 1 is 1.16 bits per heavy atom. The zero-order valence-corrected chi connectivity index (χ0v) is 9.96. The number of carboxylic acid groups (broad SMARTS) is 1. The fourth-order valence-electron chi connectivity index (χ4n) is 0.997. The van der Waals surface area contributed by atoms with Gasteiger partial charge in [-0.1, -0.05) is 18.2 Å². The zero-order valence-electron chi connectivity index (χ0n) is 9.96. The van der Waals surface area contributed by atoms with Gasteiger partial charge in [0.2, 0.25) is 0 Å². The third-order valence-electron chi connectivity index (χ3n) is 2.09. The second kappa shape index (κ2) is 9.17. The van der Waals surface area contributed by atoms with Crippen LogP contribution in [0.5, 0.6) is 0 Å². The maximum atomic E-state index is 10.2. The third-order valence-corrected chi connectivity index (χ3v) is 2.09. The highest BCUT2D eigenvalue weighted by molar-refractivity contribution is 5.87. The minimum Gasteiger partial charge on any atom is -0.478 e. The first-order valence-corrected chi connectivity index (χ1v) is 5.32. The van der Waals surface area contributed by atoms with Crippen molar-refractivity contribution in [1.82, 2.24) is 0 Å². The van der Waals surface area contributed by atoms with Gasteiger partial charge in [0.25, 0.3) is 0 Å². The van der Waals surface area contributed by atoms with Crippen molar-refractivity contribution in [3.63, 3.8) is 0 Å². The lowest BCUT2D eigenvalue weighted by atomic mass is 10.1. The Bertz CT molecular complexity index is 379. The smallest absolute Gasteiger partial charge is 0.335 e. The fourth-order valence-corrected chi connectivity index (χ4v) is 0.997. The molecular weight excluding hydrogens is 256 g/mol. The van der Waals surface area contributed by atoms with Crippen LogP contribution < -0.4 is 0 Å². The summed E-state index contributed by atoms with van der Waals surface area (Å²) in [5.41, 5.74) is 0.331. The summed E-state index contributed by atoms with van der Waals surface area (Å²) in [6.07, 6.45) is -4.63. The van der Waals surface area contributed by atoms with Gasteiger partial charge in [-0.25, -0.2) is 4.79 Å². The van der Waals surface area contributed by atoms with E-state index in [0.29, 0.717) is 5.56 Å². The van der Waals surface area contributed by atoms with Crippen molar-refractivity contribution in [2.45, 2.75) is 18.3 Å². The van der Waals surface area contributed by atoms with Crippen molar-refractivity contribution in [1.29, 1.82) is 0 Å². The monoisotopic (exact) mass is 272 g/mol. The Hall–Kier alpha value is -1.80. The van der Waals surface area contributed by atoms with E-state index < -0.39 is 30.9 Å². The number of aldehydes is 1. The molecule has 5 N–H and O–H groups in total. The van der Waals surface area contributed by atoms with E-state index in [1.807, 2.05) is 0 Å². The molecule has 0 unspecified atom stereocenters. The molecule has 0 aromatic heterocycles. The van der Waals surface area contributed by atoms with Crippen LogP contribution in [0, 0.1) is 0 Å². The molecule has 0 radical (unpaired) electrons. The van der Waals surface area contributed by atoms with E-state index >= 15 is 0 Å². The minimum absolute atomic E-state index is 0.0869. The van der Waals surface area contributed by atoms with Crippen LogP contribution in [0.3, 0.4) is 0 Å². The Balaban J connectivity index is 0.000000342. The molecule has 0 fully saturated rings. The highest BCUT2D eigenvalue weighted by Gasteiger charge is 2.22. The van der Waals surface area contributed by atoms with Crippen molar-refractivity contribution in [2.24, 2.45) is 0 Å². The summed E-state index contributed by atoms with van der Waals surface area (Å²) in [5.74, 6) is -0.879. The summed E-state index contributed by atoms with van der Waals surface area (Å²) >= 11 is 0. The van der Waals surface area contributed by atoms with Crippen LogP contribution in [0.1, 0.15) is 10.4 Å². The van der Waals surface area contributed by atoms with Crippen LogP contribution >= 0.6 is 0 Å². The van der Waals surface area contributed by atoms with Gasteiger partial charge in [-0.05, 0) is 12.1 Å². The second-order valence-corrected chi connectivity index (χ2v) is 3.54. The average molecular weight is 272 g/mol. The van der Waals surface area contributed by atoms with E-state index in [0.717, 1.165) is 0 Å². The topological polar surface area (TPSA) is 135 Å². The standard InChI is InChI=1S/C7H6O2.C5H10O5/c8-7(9)6-4-2-1-3-5-6;6-1-3(8)5(10)4(9)2-7/h1-5H,(H,8,9);1,3-5,7-10H,2H2/t;3-,4+,5+/m.0/s1. The molecule has 0 spiro atoms. The third kappa shape index (κ3) is 6.63. The number of carbonyl (C=O) groups is 2. The van der Waals surface area contributed by atoms with Gasteiger partial charge in [-0.2, -0.15) is 0 Å². The molecule has 0 bridgehead atoms. The molecule has 106 valence electrons. The molecule has 0 saturated heterocycles. The van der Waals surface area contributed by atoms with E-state index in [1.165, 1.54) is 0 Å². The maximum absolute atomic E-state index is 10.2. The van der Waals surface area contributed by atoms with Crippen LogP contribution in [0.15, 0.2) is 30.3 Å². The van der Waals surface area contributed by atoms with Gasteiger partial charge in [-0.15, -0.1) is 0 Å². The number of aliphatic hydroxyl groups excluding tert-OH is 4. The summed E-state index contributed by atoms with van der Waals surface area (Å²) in [7, 11) is 0. The van der Waals surface area contributed by atoms with Gasteiger partial charge in [0.05, 0.1) is 12.2 Å². The van der Waals surface area contributed by atoms with E-state index in [4.69, 9.17) is 25.5 Å².